The highest BCUT2D eigenvalue weighted by molar-refractivity contribution is 4.85. The van der Waals surface area contributed by atoms with E-state index in [1.54, 1.807) is 0 Å². The zero-order chi connectivity index (χ0) is 10.1. The molecule has 0 aromatic rings. The maximum Gasteiger partial charge on any atom is 0.0645 e. The van der Waals surface area contributed by atoms with Gasteiger partial charge in [-0.25, -0.2) is 0 Å². The lowest BCUT2D eigenvalue weighted by molar-refractivity contribution is -0.0837. The van der Waals surface area contributed by atoms with Crippen molar-refractivity contribution in [3.05, 3.63) is 0 Å². The topological polar surface area (TPSA) is 12.5 Å². The molecule has 82 valence electrons. The molecule has 2 nitrogen and oxygen atoms in total. The zero-order valence-electron chi connectivity index (χ0n) is 9.70. The van der Waals surface area contributed by atoms with Crippen LogP contribution in [-0.2, 0) is 4.74 Å². The molecule has 2 rings (SSSR count). The fraction of sp³-hybridized carbons (Fsp3) is 1.00. The summed E-state index contributed by atoms with van der Waals surface area (Å²) >= 11 is 0. The summed E-state index contributed by atoms with van der Waals surface area (Å²) in [6.45, 7) is 11.7. The fourth-order valence-corrected chi connectivity index (χ4v) is 2.95. The molecule has 0 aliphatic carbocycles. The van der Waals surface area contributed by atoms with Crippen LogP contribution in [0.15, 0.2) is 0 Å². The molecule has 0 unspecified atom stereocenters. The molecule has 2 fully saturated rings. The molecular formula is C12H23NO. The van der Waals surface area contributed by atoms with Crippen LogP contribution in [-0.4, -0.2) is 37.2 Å². The summed E-state index contributed by atoms with van der Waals surface area (Å²) in [5.74, 6) is 2.65. The molecule has 0 bridgehead atoms. The van der Waals surface area contributed by atoms with Crippen LogP contribution in [0.1, 0.15) is 27.2 Å². The Labute approximate surface area is 87.6 Å². The lowest BCUT2D eigenvalue weighted by atomic mass is 9.79. The van der Waals surface area contributed by atoms with Crippen LogP contribution in [0.25, 0.3) is 0 Å². The highest BCUT2D eigenvalue weighted by atomic mass is 16.5. The third kappa shape index (κ3) is 1.96. The molecule has 0 saturated carbocycles. The lowest BCUT2D eigenvalue weighted by Crippen LogP contribution is -2.54. The number of hydrogen-bond donors (Lipinski definition) is 0. The second-order valence-corrected chi connectivity index (χ2v) is 5.36. The van der Waals surface area contributed by atoms with E-state index in [0.29, 0.717) is 0 Å². The number of hydrogen-bond acceptors (Lipinski definition) is 2. The maximum atomic E-state index is 5.26. The first-order valence-electron chi connectivity index (χ1n) is 6.00. The standard InChI is InChI=1S/C12H23NO/c1-9(2)12-4-5-13(6-10(12)3)11-7-14-8-11/h9-12H,4-8H2,1-3H3/t10-,12+/m0/s1. The van der Waals surface area contributed by atoms with Gasteiger partial charge in [0.15, 0.2) is 0 Å². The van der Waals surface area contributed by atoms with Gasteiger partial charge in [0.25, 0.3) is 0 Å². The first kappa shape index (κ1) is 10.4. The minimum atomic E-state index is 0.741. The average molecular weight is 197 g/mol. The minimum Gasteiger partial charge on any atom is -0.378 e. The molecule has 0 aromatic carbocycles. The first-order chi connectivity index (χ1) is 6.68. The Hall–Kier alpha value is -0.0800. The van der Waals surface area contributed by atoms with E-state index in [4.69, 9.17) is 4.74 Å². The van der Waals surface area contributed by atoms with Gasteiger partial charge in [-0.3, -0.25) is 4.90 Å². The highest BCUT2D eigenvalue weighted by Crippen LogP contribution is 2.31. The summed E-state index contributed by atoms with van der Waals surface area (Å²) in [6.07, 6.45) is 1.38. The molecule has 2 saturated heterocycles. The molecule has 0 spiro atoms. The van der Waals surface area contributed by atoms with Crippen LogP contribution in [0.3, 0.4) is 0 Å². The molecule has 14 heavy (non-hydrogen) atoms. The fourth-order valence-electron chi connectivity index (χ4n) is 2.95. The van der Waals surface area contributed by atoms with Crippen LogP contribution in [0, 0.1) is 17.8 Å². The Kier molecular flexibility index (Phi) is 3.13. The van der Waals surface area contributed by atoms with Crippen molar-refractivity contribution in [2.24, 2.45) is 17.8 Å². The maximum absolute atomic E-state index is 5.26. The summed E-state index contributed by atoms with van der Waals surface area (Å²) in [7, 11) is 0. The van der Waals surface area contributed by atoms with Gasteiger partial charge in [-0.05, 0) is 30.7 Å². The van der Waals surface area contributed by atoms with Crippen molar-refractivity contribution in [2.45, 2.75) is 33.2 Å². The third-order valence-electron chi connectivity index (χ3n) is 4.00. The molecule has 2 aliphatic rings. The normalized spacial score (nSPS) is 36.0. The Morgan fingerprint density at radius 1 is 1.29 bits per heavy atom. The van der Waals surface area contributed by atoms with E-state index in [1.807, 2.05) is 0 Å². The van der Waals surface area contributed by atoms with Crippen molar-refractivity contribution in [3.63, 3.8) is 0 Å². The quantitative estimate of drug-likeness (QED) is 0.671. The van der Waals surface area contributed by atoms with Crippen molar-refractivity contribution in [3.8, 4) is 0 Å². The van der Waals surface area contributed by atoms with Crippen LogP contribution in [0.5, 0.6) is 0 Å². The van der Waals surface area contributed by atoms with E-state index < -0.39 is 0 Å². The largest absolute Gasteiger partial charge is 0.378 e. The van der Waals surface area contributed by atoms with Gasteiger partial charge in [0.1, 0.15) is 0 Å². The van der Waals surface area contributed by atoms with Crippen molar-refractivity contribution >= 4 is 0 Å². The summed E-state index contributed by atoms with van der Waals surface area (Å²) in [4.78, 5) is 2.63. The average Bonchev–Trinajstić information content (AvgIpc) is 2.00. The van der Waals surface area contributed by atoms with Crippen LogP contribution in [0.4, 0.5) is 0 Å². The molecule has 2 aliphatic heterocycles. The van der Waals surface area contributed by atoms with E-state index >= 15 is 0 Å². The second kappa shape index (κ2) is 4.19. The van der Waals surface area contributed by atoms with Crippen LogP contribution >= 0.6 is 0 Å². The Bertz CT molecular complexity index is 189. The predicted octanol–water partition coefficient (Wildman–Crippen LogP) is 2.00. The lowest BCUT2D eigenvalue weighted by Gasteiger charge is -2.45. The summed E-state index contributed by atoms with van der Waals surface area (Å²) in [6, 6.07) is 0.741. The number of ether oxygens (including phenoxy) is 1. The number of likely N-dealkylation sites (tertiary alicyclic amines) is 1. The number of piperidine rings is 1. The predicted molar refractivity (Wildman–Crippen MR) is 58.3 cm³/mol. The van der Waals surface area contributed by atoms with E-state index in [1.165, 1.54) is 19.5 Å². The Morgan fingerprint density at radius 2 is 2.00 bits per heavy atom. The summed E-state index contributed by atoms with van der Waals surface area (Å²) < 4.78 is 5.26. The van der Waals surface area contributed by atoms with Gasteiger partial charge in [0, 0.05) is 6.54 Å². The first-order valence-corrected chi connectivity index (χ1v) is 6.00. The Morgan fingerprint density at radius 3 is 2.43 bits per heavy atom. The van der Waals surface area contributed by atoms with Crippen LogP contribution < -0.4 is 0 Å². The summed E-state index contributed by atoms with van der Waals surface area (Å²) in [5.41, 5.74) is 0. The number of rotatable bonds is 2. The van der Waals surface area contributed by atoms with Crippen molar-refractivity contribution in [2.75, 3.05) is 26.3 Å². The van der Waals surface area contributed by atoms with Gasteiger partial charge in [-0.1, -0.05) is 20.8 Å². The van der Waals surface area contributed by atoms with Gasteiger partial charge >= 0.3 is 0 Å². The molecular weight excluding hydrogens is 174 g/mol. The van der Waals surface area contributed by atoms with Gasteiger partial charge in [-0.15, -0.1) is 0 Å². The molecule has 2 heteroatoms. The second-order valence-electron chi connectivity index (χ2n) is 5.36. The molecule has 0 aromatic heterocycles. The van der Waals surface area contributed by atoms with E-state index in [2.05, 4.69) is 25.7 Å². The van der Waals surface area contributed by atoms with E-state index in [0.717, 1.165) is 37.0 Å². The Balaban J connectivity index is 1.85. The molecule has 0 amide bonds. The van der Waals surface area contributed by atoms with Crippen molar-refractivity contribution in [1.82, 2.24) is 4.90 Å². The zero-order valence-corrected chi connectivity index (χ0v) is 9.70. The monoisotopic (exact) mass is 197 g/mol. The van der Waals surface area contributed by atoms with Gasteiger partial charge in [0.05, 0.1) is 19.3 Å². The minimum absolute atomic E-state index is 0.741. The molecule has 2 atom stereocenters. The summed E-state index contributed by atoms with van der Waals surface area (Å²) in [5, 5.41) is 0. The highest BCUT2D eigenvalue weighted by Gasteiger charge is 2.33. The van der Waals surface area contributed by atoms with E-state index in [-0.39, 0.29) is 0 Å². The molecule has 2 heterocycles. The van der Waals surface area contributed by atoms with Crippen molar-refractivity contribution in [1.29, 1.82) is 0 Å². The molecule has 0 N–H and O–H groups in total. The SMILES string of the molecule is CC(C)[C@H]1CCN(C2COC2)C[C@@H]1C. The van der Waals surface area contributed by atoms with Gasteiger partial charge in [0.2, 0.25) is 0 Å². The van der Waals surface area contributed by atoms with Gasteiger partial charge < -0.3 is 4.74 Å². The third-order valence-corrected chi connectivity index (χ3v) is 4.00. The van der Waals surface area contributed by atoms with Crippen molar-refractivity contribution < 1.29 is 4.74 Å². The molecule has 0 radical (unpaired) electrons. The smallest absolute Gasteiger partial charge is 0.0645 e. The van der Waals surface area contributed by atoms with E-state index in [9.17, 15) is 0 Å². The number of nitrogens with zero attached hydrogens (tertiary/aromatic N) is 1. The van der Waals surface area contributed by atoms with Gasteiger partial charge in [-0.2, -0.15) is 0 Å². The van der Waals surface area contributed by atoms with Crippen LogP contribution in [0.2, 0.25) is 0 Å².